The van der Waals surface area contributed by atoms with Crippen molar-refractivity contribution in [1.29, 1.82) is 0 Å². The predicted octanol–water partition coefficient (Wildman–Crippen LogP) is 3.78. The molecule has 0 saturated carbocycles. The summed E-state index contributed by atoms with van der Waals surface area (Å²) in [5.41, 5.74) is 2.61. The highest BCUT2D eigenvalue weighted by atomic mass is 127. The maximum absolute atomic E-state index is 6.07. The Balaban J connectivity index is 0.00000300. The van der Waals surface area contributed by atoms with E-state index in [2.05, 4.69) is 59.4 Å². The fourth-order valence-electron chi connectivity index (χ4n) is 3.74. The molecule has 2 aromatic rings. The van der Waals surface area contributed by atoms with Gasteiger partial charge in [0, 0.05) is 39.3 Å². The van der Waals surface area contributed by atoms with Gasteiger partial charge in [0.1, 0.15) is 12.4 Å². The Bertz CT molecular complexity index is 812. The Kier molecular flexibility index (Phi) is 8.36. The first kappa shape index (κ1) is 23.5. The summed E-state index contributed by atoms with van der Waals surface area (Å²) in [6.45, 7) is 9.93. The molecule has 0 spiro atoms. The zero-order valence-electron chi connectivity index (χ0n) is 18.2. The molecular formula is C22H34IN5O. The minimum Gasteiger partial charge on any atom is -0.491 e. The lowest BCUT2D eigenvalue weighted by Crippen LogP contribution is -2.41. The van der Waals surface area contributed by atoms with Crippen LogP contribution in [0.3, 0.4) is 0 Å². The van der Waals surface area contributed by atoms with Crippen LogP contribution >= 0.6 is 24.0 Å². The highest BCUT2D eigenvalue weighted by Gasteiger charge is 2.26. The predicted molar refractivity (Wildman–Crippen MR) is 130 cm³/mol. The van der Waals surface area contributed by atoms with E-state index in [0.29, 0.717) is 12.5 Å². The monoisotopic (exact) mass is 511 g/mol. The molecule has 1 aliphatic rings. The normalized spacial score (nSPS) is 17.2. The molecule has 1 unspecified atom stereocenters. The largest absolute Gasteiger partial charge is 0.491 e. The van der Waals surface area contributed by atoms with E-state index < -0.39 is 0 Å². The average Bonchev–Trinajstić information content (AvgIpc) is 3.30. The van der Waals surface area contributed by atoms with E-state index in [-0.39, 0.29) is 29.4 Å². The van der Waals surface area contributed by atoms with Gasteiger partial charge in [0.15, 0.2) is 5.96 Å². The maximum atomic E-state index is 6.07. The van der Waals surface area contributed by atoms with Crippen molar-refractivity contribution in [3.63, 3.8) is 0 Å². The Labute approximate surface area is 191 Å². The lowest BCUT2D eigenvalue weighted by molar-refractivity contribution is 0.310. The Morgan fingerprint density at radius 2 is 2.07 bits per heavy atom. The number of benzene rings is 1. The molecule has 29 heavy (non-hydrogen) atoms. The lowest BCUT2D eigenvalue weighted by Gasteiger charge is -2.24. The van der Waals surface area contributed by atoms with Crippen LogP contribution in [-0.2, 0) is 12.5 Å². The number of guanidine groups is 1. The molecule has 6 nitrogen and oxygen atoms in total. The molecule has 1 saturated heterocycles. The molecule has 1 atom stereocenters. The van der Waals surface area contributed by atoms with Crippen LogP contribution in [0.1, 0.15) is 44.2 Å². The number of aryl methyl sites for hydroxylation is 1. The molecule has 1 N–H and O–H groups in total. The van der Waals surface area contributed by atoms with Gasteiger partial charge in [-0.25, -0.2) is 0 Å². The zero-order valence-corrected chi connectivity index (χ0v) is 20.5. The Morgan fingerprint density at radius 1 is 1.31 bits per heavy atom. The minimum absolute atomic E-state index is 0. The highest BCUT2D eigenvalue weighted by molar-refractivity contribution is 14.0. The average molecular weight is 511 g/mol. The van der Waals surface area contributed by atoms with Crippen LogP contribution in [0.4, 0.5) is 0 Å². The van der Waals surface area contributed by atoms with Crippen LogP contribution in [0, 0.1) is 0 Å². The van der Waals surface area contributed by atoms with Crippen molar-refractivity contribution in [3.05, 3.63) is 47.8 Å². The fourth-order valence-corrected chi connectivity index (χ4v) is 3.74. The summed E-state index contributed by atoms with van der Waals surface area (Å²) >= 11 is 0. The van der Waals surface area contributed by atoms with Crippen LogP contribution < -0.4 is 10.1 Å². The molecule has 1 fully saturated rings. The smallest absolute Gasteiger partial charge is 0.193 e. The van der Waals surface area contributed by atoms with E-state index in [0.717, 1.165) is 37.8 Å². The summed E-state index contributed by atoms with van der Waals surface area (Å²) in [6.07, 6.45) is 5.22. The van der Waals surface area contributed by atoms with E-state index in [1.807, 2.05) is 37.1 Å². The second-order valence-corrected chi connectivity index (χ2v) is 8.45. The number of ether oxygens (including phenoxy) is 1. The van der Waals surface area contributed by atoms with Gasteiger partial charge in [0.05, 0.1) is 12.7 Å². The van der Waals surface area contributed by atoms with Crippen molar-refractivity contribution in [2.45, 2.75) is 38.5 Å². The number of hydrogen-bond acceptors (Lipinski definition) is 3. The van der Waals surface area contributed by atoms with Gasteiger partial charge in [-0.3, -0.25) is 9.67 Å². The minimum atomic E-state index is 0. The number of nitrogens with zero attached hydrogens (tertiary/aromatic N) is 4. The van der Waals surface area contributed by atoms with Crippen molar-refractivity contribution in [3.8, 4) is 5.75 Å². The fraction of sp³-hybridized carbons (Fsp3) is 0.545. The van der Waals surface area contributed by atoms with Gasteiger partial charge in [-0.05, 0) is 29.0 Å². The van der Waals surface area contributed by atoms with Crippen LogP contribution in [0.15, 0.2) is 41.7 Å². The molecule has 1 aromatic heterocycles. The van der Waals surface area contributed by atoms with Gasteiger partial charge >= 0.3 is 0 Å². The maximum Gasteiger partial charge on any atom is 0.193 e. The standard InChI is InChI=1S/C22H33N5O.HI/c1-22(2,3)19-8-6-7-9-20(19)28-13-11-24-21(23-4)27-12-10-17(16-27)18-14-25-26(5)15-18;/h6-9,14-15,17H,10-13,16H2,1-5H3,(H,23,24);1H. The topological polar surface area (TPSA) is 54.7 Å². The number of nitrogens with one attached hydrogen (secondary N) is 1. The Morgan fingerprint density at radius 3 is 2.72 bits per heavy atom. The molecule has 1 aromatic carbocycles. The van der Waals surface area contributed by atoms with Gasteiger partial charge in [0.2, 0.25) is 0 Å². The van der Waals surface area contributed by atoms with E-state index >= 15 is 0 Å². The quantitative estimate of drug-likeness (QED) is 0.288. The van der Waals surface area contributed by atoms with Gasteiger partial charge in [0.25, 0.3) is 0 Å². The molecule has 3 rings (SSSR count). The third-order valence-electron chi connectivity index (χ3n) is 5.23. The lowest BCUT2D eigenvalue weighted by atomic mass is 9.86. The summed E-state index contributed by atoms with van der Waals surface area (Å²) in [4.78, 5) is 6.78. The molecule has 0 aliphatic carbocycles. The van der Waals surface area contributed by atoms with E-state index in [9.17, 15) is 0 Å². The van der Waals surface area contributed by atoms with Crippen LogP contribution in [-0.4, -0.2) is 53.9 Å². The molecule has 160 valence electrons. The summed E-state index contributed by atoms with van der Waals surface area (Å²) in [5, 5.41) is 7.75. The molecular weight excluding hydrogens is 477 g/mol. The third-order valence-corrected chi connectivity index (χ3v) is 5.23. The van der Waals surface area contributed by atoms with Gasteiger partial charge in [-0.1, -0.05) is 39.0 Å². The third kappa shape index (κ3) is 6.10. The van der Waals surface area contributed by atoms with Crippen LogP contribution in [0.2, 0.25) is 0 Å². The Hall–Kier alpha value is -1.77. The second kappa shape index (κ2) is 10.3. The van der Waals surface area contributed by atoms with Crippen molar-refractivity contribution >= 4 is 29.9 Å². The number of aliphatic imine (C=N–C) groups is 1. The SMILES string of the molecule is CN=C(NCCOc1ccccc1C(C)(C)C)N1CCC(c2cnn(C)c2)C1.I. The first-order valence-corrected chi connectivity index (χ1v) is 10.0. The number of likely N-dealkylation sites (tertiary alicyclic amines) is 1. The second-order valence-electron chi connectivity index (χ2n) is 8.45. The summed E-state index contributed by atoms with van der Waals surface area (Å²) in [6, 6.07) is 8.29. The molecule has 7 heteroatoms. The van der Waals surface area contributed by atoms with Gasteiger partial charge in [-0.2, -0.15) is 5.10 Å². The summed E-state index contributed by atoms with van der Waals surface area (Å²) < 4.78 is 7.94. The van der Waals surface area contributed by atoms with Gasteiger partial charge in [-0.15, -0.1) is 24.0 Å². The van der Waals surface area contributed by atoms with E-state index in [1.54, 1.807) is 0 Å². The molecule has 0 amide bonds. The first-order valence-electron chi connectivity index (χ1n) is 10.0. The molecule has 0 bridgehead atoms. The zero-order chi connectivity index (χ0) is 20.1. The van der Waals surface area contributed by atoms with Crippen LogP contribution in [0.25, 0.3) is 0 Å². The summed E-state index contributed by atoms with van der Waals surface area (Å²) in [7, 11) is 3.81. The first-order chi connectivity index (χ1) is 13.4. The van der Waals surface area contributed by atoms with Crippen molar-refractivity contribution in [2.75, 3.05) is 33.3 Å². The number of halogens is 1. The molecule has 2 heterocycles. The van der Waals surface area contributed by atoms with Crippen molar-refractivity contribution in [2.24, 2.45) is 12.0 Å². The number of aromatic nitrogens is 2. The van der Waals surface area contributed by atoms with E-state index in [4.69, 9.17) is 4.74 Å². The summed E-state index contributed by atoms with van der Waals surface area (Å²) in [5.74, 6) is 2.42. The number of rotatable bonds is 5. The highest BCUT2D eigenvalue weighted by Crippen LogP contribution is 2.31. The number of hydrogen-bond donors (Lipinski definition) is 1. The molecule has 1 aliphatic heterocycles. The van der Waals surface area contributed by atoms with E-state index in [1.165, 1.54) is 11.1 Å². The van der Waals surface area contributed by atoms with Crippen LogP contribution in [0.5, 0.6) is 5.75 Å². The number of para-hydroxylation sites is 1. The van der Waals surface area contributed by atoms with Crippen molar-refractivity contribution < 1.29 is 4.74 Å². The molecule has 0 radical (unpaired) electrons. The van der Waals surface area contributed by atoms with Gasteiger partial charge < -0.3 is 15.0 Å². The van der Waals surface area contributed by atoms with Crippen molar-refractivity contribution in [1.82, 2.24) is 20.0 Å².